The minimum absolute atomic E-state index is 0.210. The van der Waals surface area contributed by atoms with Crippen LogP contribution in [0.5, 0.6) is 0 Å². The topological polar surface area (TPSA) is 86.3 Å². The molecule has 4 heterocycles. The molecule has 5 rings (SSSR count). The van der Waals surface area contributed by atoms with E-state index in [1.807, 2.05) is 12.1 Å². The van der Waals surface area contributed by atoms with E-state index in [-0.39, 0.29) is 11.9 Å². The Morgan fingerprint density at radius 2 is 1.91 bits per heavy atom. The van der Waals surface area contributed by atoms with E-state index in [4.69, 9.17) is 4.98 Å². The van der Waals surface area contributed by atoms with Gasteiger partial charge in [0.15, 0.2) is 0 Å². The van der Waals surface area contributed by atoms with Crippen molar-refractivity contribution in [1.82, 2.24) is 19.9 Å². The lowest BCUT2D eigenvalue weighted by Gasteiger charge is -2.30. The highest BCUT2D eigenvalue weighted by atomic mass is 79.9. The number of likely N-dealkylation sites (tertiary alicyclic amines) is 1. The van der Waals surface area contributed by atoms with Gasteiger partial charge in [-0.25, -0.2) is 15.0 Å². The van der Waals surface area contributed by atoms with Crippen LogP contribution in [0.3, 0.4) is 0 Å². The lowest BCUT2D eigenvalue weighted by Crippen LogP contribution is -2.30. The highest BCUT2D eigenvalue weighted by molar-refractivity contribution is 9.10. The molecule has 2 fully saturated rings. The van der Waals surface area contributed by atoms with E-state index in [1.54, 1.807) is 12.4 Å². The molecule has 2 saturated heterocycles. The van der Waals surface area contributed by atoms with Crippen LogP contribution in [0.2, 0.25) is 0 Å². The van der Waals surface area contributed by atoms with E-state index in [2.05, 4.69) is 72.1 Å². The first kappa shape index (κ1) is 23.7. The summed E-state index contributed by atoms with van der Waals surface area (Å²) in [4.78, 5) is 30.6. The van der Waals surface area contributed by atoms with Crippen LogP contribution in [0, 0.1) is 0 Å². The molecule has 2 aliphatic rings. The molecule has 1 atom stereocenters. The SMILES string of the molecule is C=CC(=O)Nc1ccc2c(N3CC[C@@H](Nc4ncc(Br)cn4)C3)nc(C3CCN(C)CC3)cc2c1. The Morgan fingerprint density at radius 1 is 1.14 bits per heavy atom. The third kappa shape index (κ3) is 5.46. The summed E-state index contributed by atoms with van der Waals surface area (Å²) in [7, 11) is 2.18. The number of benzene rings is 1. The molecule has 2 N–H and O–H groups in total. The Morgan fingerprint density at radius 3 is 2.66 bits per heavy atom. The van der Waals surface area contributed by atoms with E-state index in [9.17, 15) is 4.79 Å². The van der Waals surface area contributed by atoms with Crippen LogP contribution >= 0.6 is 15.9 Å². The number of fused-ring (bicyclic) bond motifs is 1. The number of aromatic nitrogens is 3. The van der Waals surface area contributed by atoms with Gasteiger partial charge < -0.3 is 20.4 Å². The molecule has 0 spiro atoms. The average Bonchev–Trinajstić information content (AvgIpc) is 3.33. The van der Waals surface area contributed by atoms with Crippen molar-refractivity contribution in [2.75, 3.05) is 48.8 Å². The second-order valence-electron chi connectivity index (χ2n) is 9.38. The van der Waals surface area contributed by atoms with E-state index >= 15 is 0 Å². The molecule has 3 aromatic rings. The quantitative estimate of drug-likeness (QED) is 0.452. The Bertz CT molecular complexity index is 1220. The Hall–Kier alpha value is -3.04. The maximum Gasteiger partial charge on any atom is 0.247 e. The first-order chi connectivity index (χ1) is 17.0. The van der Waals surface area contributed by atoms with Crippen molar-refractivity contribution in [3.8, 4) is 0 Å². The van der Waals surface area contributed by atoms with Crippen LogP contribution in [0.1, 0.15) is 30.9 Å². The summed E-state index contributed by atoms with van der Waals surface area (Å²) in [5.74, 6) is 1.88. The van der Waals surface area contributed by atoms with Gasteiger partial charge in [-0.05, 0) is 91.1 Å². The van der Waals surface area contributed by atoms with Crippen molar-refractivity contribution < 1.29 is 4.79 Å². The second-order valence-corrected chi connectivity index (χ2v) is 10.3. The highest BCUT2D eigenvalue weighted by Crippen LogP contribution is 2.35. The molecule has 0 aliphatic carbocycles. The summed E-state index contributed by atoms with van der Waals surface area (Å²) in [5.41, 5.74) is 1.91. The van der Waals surface area contributed by atoms with Crippen molar-refractivity contribution in [2.24, 2.45) is 0 Å². The number of anilines is 3. The summed E-state index contributed by atoms with van der Waals surface area (Å²) in [5, 5.41) is 8.54. The molecule has 0 radical (unpaired) electrons. The van der Waals surface area contributed by atoms with Crippen LogP contribution in [0.4, 0.5) is 17.5 Å². The molecule has 1 aromatic carbocycles. The minimum atomic E-state index is -0.210. The number of carbonyl (C=O) groups is 1. The fraction of sp³-hybridized carbons (Fsp3) is 0.385. The van der Waals surface area contributed by atoms with Gasteiger partial charge in [-0.2, -0.15) is 0 Å². The van der Waals surface area contributed by atoms with Crippen molar-refractivity contribution in [3.63, 3.8) is 0 Å². The fourth-order valence-electron chi connectivity index (χ4n) is 4.93. The van der Waals surface area contributed by atoms with Gasteiger partial charge in [-0.15, -0.1) is 0 Å². The number of halogens is 1. The maximum absolute atomic E-state index is 11.9. The van der Waals surface area contributed by atoms with Crippen molar-refractivity contribution in [3.05, 3.63) is 59.5 Å². The van der Waals surface area contributed by atoms with Gasteiger partial charge >= 0.3 is 0 Å². The number of carbonyl (C=O) groups excluding carboxylic acids is 1. The number of hydrogen-bond acceptors (Lipinski definition) is 7. The largest absolute Gasteiger partial charge is 0.354 e. The number of nitrogens with zero attached hydrogens (tertiary/aromatic N) is 5. The number of amides is 1. The number of hydrogen-bond donors (Lipinski definition) is 2. The third-order valence-corrected chi connectivity index (χ3v) is 7.27. The van der Waals surface area contributed by atoms with Crippen LogP contribution in [0.25, 0.3) is 10.8 Å². The van der Waals surface area contributed by atoms with Crippen molar-refractivity contribution in [1.29, 1.82) is 0 Å². The molecule has 2 aromatic heterocycles. The molecule has 2 aliphatic heterocycles. The number of nitrogens with one attached hydrogen (secondary N) is 2. The molecule has 35 heavy (non-hydrogen) atoms. The summed E-state index contributed by atoms with van der Waals surface area (Å²) >= 11 is 3.39. The summed E-state index contributed by atoms with van der Waals surface area (Å²) < 4.78 is 0.862. The Labute approximate surface area is 214 Å². The number of piperidine rings is 1. The molecule has 8 nitrogen and oxygen atoms in total. The smallest absolute Gasteiger partial charge is 0.247 e. The predicted octanol–water partition coefficient (Wildman–Crippen LogP) is 4.41. The van der Waals surface area contributed by atoms with Gasteiger partial charge in [0.25, 0.3) is 0 Å². The highest BCUT2D eigenvalue weighted by Gasteiger charge is 2.27. The molecule has 0 saturated carbocycles. The first-order valence-corrected chi connectivity index (χ1v) is 12.8. The van der Waals surface area contributed by atoms with E-state index in [1.165, 1.54) is 6.08 Å². The van der Waals surface area contributed by atoms with Gasteiger partial charge in [-0.3, -0.25) is 4.79 Å². The zero-order chi connectivity index (χ0) is 24.4. The molecular weight excluding hydrogens is 506 g/mol. The fourth-order valence-corrected chi connectivity index (χ4v) is 5.13. The standard InChI is InChI=1S/C26H30BrN7O/c1-3-24(35)30-20-4-5-22-18(12-20)13-23(17-6-9-33(2)10-7-17)32-25(22)34-11-8-21(16-34)31-26-28-14-19(27)15-29-26/h3-5,12-15,17,21H,1,6-11,16H2,2H3,(H,30,35)(H,28,29,31)/t21-/m1/s1. The molecule has 9 heteroatoms. The van der Waals surface area contributed by atoms with Crippen LogP contribution in [-0.4, -0.2) is 65.0 Å². The third-order valence-electron chi connectivity index (χ3n) is 6.86. The lowest BCUT2D eigenvalue weighted by atomic mass is 9.92. The van der Waals surface area contributed by atoms with Gasteiger partial charge in [-0.1, -0.05) is 6.58 Å². The summed E-state index contributed by atoms with van der Waals surface area (Å²) in [6, 6.07) is 8.49. The van der Waals surface area contributed by atoms with Gasteiger partial charge in [0.1, 0.15) is 5.82 Å². The van der Waals surface area contributed by atoms with Gasteiger partial charge in [0.2, 0.25) is 11.9 Å². The number of rotatable bonds is 6. The molecule has 0 unspecified atom stereocenters. The molecule has 182 valence electrons. The molecule has 1 amide bonds. The van der Waals surface area contributed by atoms with Crippen molar-refractivity contribution >= 4 is 50.1 Å². The van der Waals surface area contributed by atoms with Crippen LogP contribution < -0.4 is 15.5 Å². The van der Waals surface area contributed by atoms with E-state index in [0.717, 1.165) is 77.9 Å². The second kappa shape index (κ2) is 10.3. The first-order valence-electron chi connectivity index (χ1n) is 12.0. The Balaban J connectivity index is 1.44. The summed E-state index contributed by atoms with van der Waals surface area (Å²) in [6.45, 7) is 7.45. The molecular formula is C26H30BrN7O. The zero-order valence-electron chi connectivity index (χ0n) is 19.9. The van der Waals surface area contributed by atoms with Crippen LogP contribution in [-0.2, 0) is 4.79 Å². The maximum atomic E-state index is 11.9. The zero-order valence-corrected chi connectivity index (χ0v) is 21.5. The molecule has 0 bridgehead atoms. The van der Waals surface area contributed by atoms with Gasteiger partial charge in [0.05, 0.1) is 4.47 Å². The minimum Gasteiger partial charge on any atom is -0.354 e. The van der Waals surface area contributed by atoms with Crippen LogP contribution in [0.15, 0.2) is 53.8 Å². The predicted molar refractivity (Wildman–Crippen MR) is 144 cm³/mol. The monoisotopic (exact) mass is 535 g/mol. The van der Waals surface area contributed by atoms with E-state index in [0.29, 0.717) is 11.9 Å². The average molecular weight is 536 g/mol. The van der Waals surface area contributed by atoms with E-state index < -0.39 is 0 Å². The van der Waals surface area contributed by atoms with Gasteiger partial charge in [0, 0.05) is 54.2 Å². The number of pyridine rings is 1. The van der Waals surface area contributed by atoms with Crippen molar-refractivity contribution in [2.45, 2.75) is 31.2 Å². The normalized spacial score (nSPS) is 19.1. The lowest BCUT2D eigenvalue weighted by molar-refractivity contribution is -0.111. The Kier molecular flexibility index (Phi) is 6.97. The summed E-state index contributed by atoms with van der Waals surface area (Å²) in [6.07, 6.45) is 7.99.